The molecule has 166 valence electrons. The van der Waals surface area contributed by atoms with Gasteiger partial charge in [0, 0.05) is 30.9 Å². The van der Waals surface area contributed by atoms with Crippen LogP contribution in [-0.4, -0.2) is 64.1 Å². The fourth-order valence-electron chi connectivity index (χ4n) is 5.28. The zero-order valence-corrected chi connectivity index (χ0v) is 18.6. The van der Waals surface area contributed by atoms with E-state index in [2.05, 4.69) is 36.6 Å². The Bertz CT molecular complexity index is 1030. The van der Waals surface area contributed by atoms with Crippen LogP contribution in [0.3, 0.4) is 0 Å². The predicted octanol–water partition coefficient (Wildman–Crippen LogP) is 2.28. The maximum absolute atomic E-state index is 11.4. The van der Waals surface area contributed by atoms with Gasteiger partial charge in [-0.2, -0.15) is 0 Å². The number of aromatic nitrogens is 3. The third-order valence-electron chi connectivity index (χ3n) is 6.65. The van der Waals surface area contributed by atoms with Crippen molar-refractivity contribution >= 4 is 28.5 Å². The quantitative estimate of drug-likeness (QED) is 0.561. The normalized spacial score (nSPS) is 31.1. The summed E-state index contributed by atoms with van der Waals surface area (Å²) in [6.45, 7) is 3.34. The number of allylic oxidation sites excluding steroid dienone is 2. The molecule has 8 nitrogen and oxygen atoms in total. The van der Waals surface area contributed by atoms with Gasteiger partial charge in [-0.15, -0.1) is 0 Å². The van der Waals surface area contributed by atoms with Crippen LogP contribution in [0.15, 0.2) is 40.8 Å². The number of hydrogen-bond donors (Lipinski definition) is 4. The van der Waals surface area contributed by atoms with Crippen molar-refractivity contribution in [1.82, 2.24) is 25.2 Å². The molecule has 0 unspecified atom stereocenters. The third-order valence-corrected chi connectivity index (χ3v) is 6.95. The molecule has 2 aliphatic heterocycles. The van der Waals surface area contributed by atoms with Crippen molar-refractivity contribution in [2.75, 3.05) is 25.5 Å². The standard InChI is InChI=1S/C22H29ClN6O2/c1-3-31-19-18(30)17(16-14-5-4-13(23)10-12(14)6-8-25-16)28-22(19)29-9-7-15-20(24-2)26-11-27-21(15)29/h7,9-11,16-19,22,25,28,30H,3-6,8H2,1-2H3,(H,24,26,27)/t16-,17-,18-,19-,22+/m1/s1. The minimum atomic E-state index is -0.668. The molecule has 0 spiro atoms. The molecular weight excluding hydrogens is 416 g/mol. The van der Waals surface area contributed by atoms with Crippen LogP contribution in [0.2, 0.25) is 0 Å². The molecule has 2 aromatic rings. The summed E-state index contributed by atoms with van der Waals surface area (Å²) in [5.74, 6) is 0.779. The highest BCUT2D eigenvalue weighted by Gasteiger charge is 2.48. The van der Waals surface area contributed by atoms with Crippen LogP contribution in [0, 0.1) is 0 Å². The lowest BCUT2D eigenvalue weighted by atomic mass is 9.83. The number of aliphatic hydroxyl groups is 1. The van der Waals surface area contributed by atoms with Crippen LogP contribution < -0.4 is 16.0 Å². The van der Waals surface area contributed by atoms with Gasteiger partial charge in [0.25, 0.3) is 0 Å². The Kier molecular flexibility index (Phi) is 5.75. The van der Waals surface area contributed by atoms with Gasteiger partial charge in [0.1, 0.15) is 36.2 Å². The summed E-state index contributed by atoms with van der Waals surface area (Å²) in [7, 11) is 1.85. The molecule has 4 N–H and O–H groups in total. The van der Waals surface area contributed by atoms with Gasteiger partial charge in [0.2, 0.25) is 0 Å². The molecule has 1 fully saturated rings. The van der Waals surface area contributed by atoms with E-state index in [9.17, 15) is 5.11 Å². The third kappa shape index (κ3) is 3.56. The lowest BCUT2D eigenvalue weighted by Crippen LogP contribution is -2.54. The number of halogens is 1. The molecule has 1 saturated heterocycles. The van der Waals surface area contributed by atoms with E-state index in [1.54, 1.807) is 6.33 Å². The first-order valence-corrected chi connectivity index (χ1v) is 11.4. The Labute approximate surface area is 186 Å². The summed E-state index contributed by atoms with van der Waals surface area (Å²) in [4.78, 5) is 8.82. The predicted molar refractivity (Wildman–Crippen MR) is 121 cm³/mol. The van der Waals surface area contributed by atoms with E-state index >= 15 is 0 Å². The Morgan fingerprint density at radius 1 is 1.32 bits per heavy atom. The smallest absolute Gasteiger partial charge is 0.146 e. The number of nitrogens with one attached hydrogen (secondary N) is 3. The Morgan fingerprint density at radius 3 is 3.00 bits per heavy atom. The lowest BCUT2D eigenvalue weighted by Gasteiger charge is -2.36. The average Bonchev–Trinajstić information content (AvgIpc) is 3.35. The summed E-state index contributed by atoms with van der Waals surface area (Å²) in [6.07, 6.45) is 7.09. The van der Waals surface area contributed by atoms with E-state index in [0.29, 0.717) is 6.61 Å². The number of ether oxygens (including phenoxy) is 1. The zero-order valence-electron chi connectivity index (χ0n) is 17.8. The van der Waals surface area contributed by atoms with Gasteiger partial charge in [0.15, 0.2) is 0 Å². The molecule has 0 saturated carbocycles. The van der Waals surface area contributed by atoms with Gasteiger partial charge < -0.3 is 25.0 Å². The maximum Gasteiger partial charge on any atom is 0.146 e. The monoisotopic (exact) mass is 444 g/mol. The molecule has 2 aromatic heterocycles. The molecule has 0 aromatic carbocycles. The molecule has 0 bridgehead atoms. The Hall–Kier alpha value is -1.97. The van der Waals surface area contributed by atoms with E-state index in [-0.39, 0.29) is 18.2 Å². The molecule has 5 atom stereocenters. The van der Waals surface area contributed by atoms with Crippen LogP contribution in [0.4, 0.5) is 5.82 Å². The lowest BCUT2D eigenvalue weighted by molar-refractivity contribution is -0.0368. The highest BCUT2D eigenvalue weighted by molar-refractivity contribution is 6.29. The summed E-state index contributed by atoms with van der Waals surface area (Å²) < 4.78 is 8.11. The van der Waals surface area contributed by atoms with Crippen molar-refractivity contribution < 1.29 is 9.84 Å². The van der Waals surface area contributed by atoms with Crippen molar-refractivity contribution in [2.24, 2.45) is 0 Å². The second-order valence-corrected chi connectivity index (χ2v) is 8.79. The molecule has 4 heterocycles. The number of hydrogen-bond acceptors (Lipinski definition) is 7. The molecule has 9 heteroatoms. The first kappa shape index (κ1) is 20.9. The van der Waals surface area contributed by atoms with E-state index < -0.39 is 12.2 Å². The number of nitrogens with zero attached hydrogens (tertiary/aromatic N) is 3. The molecular formula is C22H29ClN6O2. The summed E-state index contributed by atoms with van der Waals surface area (Å²) in [6, 6.07) is 1.86. The summed E-state index contributed by atoms with van der Waals surface area (Å²) >= 11 is 6.31. The van der Waals surface area contributed by atoms with Gasteiger partial charge in [-0.1, -0.05) is 11.6 Å². The minimum Gasteiger partial charge on any atom is -0.389 e. The van der Waals surface area contributed by atoms with Crippen LogP contribution >= 0.6 is 11.6 Å². The molecule has 31 heavy (non-hydrogen) atoms. The average molecular weight is 445 g/mol. The highest BCUT2D eigenvalue weighted by atomic mass is 35.5. The molecule has 0 amide bonds. The van der Waals surface area contributed by atoms with Gasteiger partial charge in [-0.05, 0) is 56.0 Å². The van der Waals surface area contributed by atoms with Gasteiger partial charge in [-0.25, -0.2) is 9.97 Å². The van der Waals surface area contributed by atoms with Crippen molar-refractivity contribution in [1.29, 1.82) is 0 Å². The number of aliphatic hydroxyl groups excluding tert-OH is 1. The maximum atomic E-state index is 11.4. The fourth-order valence-corrected chi connectivity index (χ4v) is 5.50. The van der Waals surface area contributed by atoms with Crippen LogP contribution in [0.1, 0.15) is 32.4 Å². The second-order valence-electron chi connectivity index (χ2n) is 8.30. The van der Waals surface area contributed by atoms with Crippen molar-refractivity contribution in [2.45, 2.75) is 56.6 Å². The van der Waals surface area contributed by atoms with Gasteiger partial charge in [-0.3, -0.25) is 5.32 Å². The highest BCUT2D eigenvalue weighted by Crippen LogP contribution is 2.37. The number of rotatable bonds is 5. The van der Waals surface area contributed by atoms with E-state index in [1.807, 2.05) is 26.2 Å². The van der Waals surface area contributed by atoms with Crippen LogP contribution in [0.5, 0.6) is 0 Å². The Morgan fingerprint density at radius 2 is 2.19 bits per heavy atom. The largest absolute Gasteiger partial charge is 0.389 e. The van der Waals surface area contributed by atoms with Gasteiger partial charge >= 0.3 is 0 Å². The first-order chi connectivity index (χ1) is 15.1. The van der Waals surface area contributed by atoms with Crippen molar-refractivity contribution in [3.05, 3.63) is 40.8 Å². The number of anilines is 1. The molecule has 0 radical (unpaired) electrons. The van der Waals surface area contributed by atoms with Crippen molar-refractivity contribution in [3.8, 4) is 0 Å². The zero-order chi connectivity index (χ0) is 21.5. The van der Waals surface area contributed by atoms with Crippen molar-refractivity contribution in [3.63, 3.8) is 0 Å². The van der Waals surface area contributed by atoms with E-state index in [1.165, 1.54) is 11.1 Å². The van der Waals surface area contributed by atoms with E-state index in [4.69, 9.17) is 16.3 Å². The van der Waals surface area contributed by atoms with E-state index in [0.717, 1.165) is 47.7 Å². The first-order valence-electron chi connectivity index (χ1n) is 11.0. The summed E-state index contributed by atoms with van der Waals surface area (Å²) in [5.41, 5.74) is 3.46. The minimum absolute atomic E-state index is 0.0389. The van der Waals surface area contributed by atoms with Gasteiger partial charge in [0.05, 0.1) is 11.4 Å². The van der Waals surface area contributed by atoms with Crippen LogP contribution in [-0.2, 0) is 4.74 Å². The topological polar surface area (TPSA) is 96.3 Å². The molecule has 3 aliphatic rings. The second kappa shape index (κ2) is 8.52. The summed E-state index contributed by atoms with van der Waals surface area (Å²) in [5, 5.41) is 23.7. The molecule has 5 rings (SSSR count). The Balaban J connectivity index is 1.51. The van der Waals surface area contributed by atoms with Crippen LogP contribution in [0.25, 0.3) is 11.0 Å². The SMILES string of the molecule is CCO[C@@H]1[C@H](O)[C@@H]([C@@H]2NCCC3=C2CCC(Cl)=C3)N[C@H]1n1ccc2c(NC)ncnc21. The fraction of sp³-hybridized carbons (Fsp3) is 0.545. The molecule has 1 aliphatic carbocycles. The number of fused-ring (bicyclic) bond motifs is 1.